The number of aromatic nitrogens is 2. The second kappa shape index (κ2) is 25.0. The van der Waals surface area contributed by atoms with Gasteiger partial charge in [-0.3, -0.25) is 0 Å². The molecule has 0 unspecified atom stereocenters. The van der Waals surface area contributed by atoms with Crippen molar-refractivity contribution in [1.29, 1.82) is 0 Å². The summed E-state index contributed by atoms with van der Waals surface area (Å²) in [4.78, 5) is 21.9. The highest BCUT2D eigenvalue weighted by Gasteiger charge is 2.39. The predicted octanol–water partition coefficient (Wildman–Crippen LogP) is 20.8. The highest BCUT2D eigenvalue weighted by Crippen LogP contribution is 2.54. The number of aliphatic imine (C=N–C) groups is 2. The number of aromatic amines is 2. The van der Waals surface area contributed by atoms with Crippen LogP contribution in [0.3, 0.4) is 0 Å². The van der Waals surface area contributed by atoms with Crippen molar-refractivity contribution in [3.63, 3.8) is 0 Å². The van der Waals surface area contributed by atoms with E-state index in [1.807, 2.05) is 0 Å². The number of hydrogen-bond donors (Lipinski definition) is 2. The lowest BCUT2D eigenvalue weighted by atomic mass is 9.83. The van der Waals surface area contributed by atoms with Crippen LogP contribution < -0.4 is 10.7 Å². The Labute approximate surface area is 559 Å². The van der Waals surface area contributed by atoms with Crippen molar-refractivity contribution in [2.24, 2.45) is 9.98 Å². The molecule has 14 aromatic rings. The monoisotopic (exact) mass is 1220 g/mol. The Morgan fingerprint density at radius 1 is 0.156 bits per heavy atom. The van der Waals surface area contributed by atoms with Crippen molar-refractivity contribution in [2.45, 2.75) is 0 Å². The van der Waals surface area contributed by atoms with Crippen molar-refractivity contribution < 1.29 is 0 Å². The van der Waals surface area contributed by atoms with Crippen LogP contribution >= 0.6 is 0 Å². The summed E-state index contributed by atoms with van der Waals surface area (Å²) in [5.74, 6) is 0. The molecule has 0 amide bonds. The Morgan fingerprint density at radius 3 is 0.583 bits per heavy atom. The molecule has 0 radical (unpaired) electrons. The summed E-state index contributed by atoms with van der Waals surface area (Å²) in [6, 6.07) is 131. The zero-order valence-electron chi connectivity index (χ0n) is 52.5. The lowest BCUT2D eigenvalue weighted by Crippen LogP contribution is -2.23. The van der Waals surface area contributed by atoms with Crippen LogP contribution in [0.15, 0.2) is 385 Å². The van der Waals surface area contributed by atoms with Gasteiger partial charge in [0.2, 0.25) is 0 Å². The molecule has 0 spiro atoms. The molecular formula is C92H62N4. The smallest absolute Gasteiger partial charge is 0.0822 e. The summed E-state index contributed by atoms with van der Waals surface area (Å²) < 4.78 is 0. The van der Waals surface area contributed by atoms with Gasteiger partial charge in [-0.15, -0.1) is 0 Å². The van der Waals surface area contributed by atoms with E-state index < -0.39 is 0 Å². The molecule has 2 aliphatic heterocycles. The van der Waals surface area contributed by atoms with E-state index in [4.69, 9.17) is 9.98 Å². The first kappa shape index (κ1) is 57.2. The van der Waals surface area contributed by atoms with Crippen LogP contribution in [-0.4, -0.2) is 21.4 Å². The summed E-state index contributed by atoms with van der Waals surface area (Å²) in [5.41, 5.74) is 29.3. The first-order valence-corrected chi connectivity index (χ1v) is 32.8. The molecule has 0 saturated heterocycles. The van der Waals surface area contributed by atoms with Crippen molar-refractivity contribution >= 4 is 56.0 Å². The summed E-state index contributed by atoms with van der Waals surface area (Å²) in [7, 11) is 0. The van der Waals surface area contributed by atoms with Crippen molar-refractivity contribution in [2.75, 3.05) is 0 Å². The average molecular weight is 1220 g/mol. The van der Waals surface area contributed by atoms with Crippen LogP contribution in [-0.2, 0) is 0 Å². The number of allylic oxidation sites excluding steroid dienone is 4. The van der Waals surface area contributed by atoms with Gasteiger partial charge in [0.15, 0.2) is 0 Å². The summed E-state index contributed by atoms with van der Waals surface area (Å²) in [6.07, 6.45) is 0. The third-order valence-electron chi connectivity index (χ3n) is 18.6. The van der Waals surface area contributed by atoms with E-state index in [-0.39, 0.29) is 0 Å². The number of rotatable bonds is 12. The molecule has 2 aromatic heterocycles. The van der Waals surface area contributed by atoms with Gasteiger partial charge in [0.1, 0.15) is 0 Å². The van der Waals surface area contributed by atoms with Crippen molar-refractivity contribution in [3.05, 3.63) is 442 Å². The van der Waals surface area contributed by atoms with Gasteiger partial charge in [-0.2, -0.15) is 0 Å². The molecule has 4 heterocycles. The first-order chi connectivity index (χ1) is 47.7. The van der Waals surface area contributed by atoms with E-state index in [2.05, 4.69) is 374 Å². The fraction of sp³-hybridized carbons (Fsp3) is 0. The number of nitrogens with zero attached hydrogens (tertiary/aromatic N) is 2. The van der Waals surface area contributed by atoms with Crippen LogP contribution in [0.1, 0.15) is 55.9 Å². The van der Waals surface area contributed by atoms with Crippen LogP contribution in [0.4, 0.5) is 0 Å². The normalized spacial score (nSPS) is 16.4. The largest absolute Gasteiger partial charge is 0.353 e. The van der Waals surface area contributed by atoms with E-state index >= 15 is 0 Å². The Morgan fingerprint density at radius 2 is 0.344 bits per heavy atom. The molecule has 0 saturated carbocycles. The molecule has 17 rings (SSSR count). The molecule has 3 aliphatic rings. The molecular weight excluding hydrogens is 1160 g/mol. The minimum absolute atomic E-state index is 0.825. The van der Waals surface area contributed by atoms with E-state index in [1.54, 1.807) is 0 Å². The second-order valence-electron chi connectivity index (χ2n) is 24.3. The van der Waals surface area contributed by atoms with Gasteiger partial charge in [-0.25, -0.2) is 9.98 Å². The topological polar surface area (TPSA) is 56.3 Å². The maximum Gasteiger partial charge on any atom is 0.0822 e. The maximum atomic E-state index is 6.48. The fourth-order valence-electron chi connectivity index (χ4n) is 14.5. The van der Waals surface area contributed by atoms with Crippen LogP contribution in [0.2, 0.25) is 0 Å². The lowest BCUT2D eigenvalue weighted by Gasteiger charge is -2.17. The number of H-pyrrole nitrogens is 2. The van der Waals surface area contributed by atoms with Crippen LogP contribution in [0.5, 0.6) is 0 Å². The zero-order chi connectivity index (χ0) is 63.7. The molecule has 1 aliphatic carbocycles. The average Bonchev–Trinajstić information content (AvgIpc) is 1.55. The number of hydrogen-bond acceptors (Lipinski definition) is 2. The molecule has 450 valence electrons. The van der Waals surface area contributed by atoms with Gasteiger partial charge in [0, 0.05) is 66.8 Å². The molecule has 2 N–H and O–H groups in total. The second-order valence-corrected chi connectivity index (χ2v) is 24.3. The molecule has 96 heavy (non-hydrogen) atoms. The quantitative estimate of drug-likeness (QED) is 0.122. The van der Waals surface area contributed by atoms with Gasteiger partial charge in [0.25, 0.3) is 0 Å². The minimum Gasteiger partial charge on any atom is -0.353 e. The molecule has 0 atom stereocenters. The van der Waals surface area contributed by atoms with Gasteiger partial charge in [-0.1, -0.05) is 364 Å². The van der Waals surface area contributed by atoms with Gasteiger partial charge >= 0.3 is 0 Å². The number of benzene rings is 12. The van der Waals surface area contributed by atoms with E-state index in [1.165, 1.54) is 0 Å². The summed E-state index contributed by atoms with van der Waals surface area (Å²) in [6.45, 7) is 0. The zero-order valence-corrected chi connectivity index (χ0v) is 52.5. The van der Waals surface area contributed by atoms with Gasteiger partial charge in [0.05, 0.1) is 44.9 Å². The van der Waals surface area contributed by atoms with Crippen molar-refractivity contribution in [1.82, 2.24) is 9.97 Å². The van der Waals surface area contributed by atoms with Gasteiger partial charge in [-0.05, 0) is 66.8 Å². The Balaban J connectivity index is 1.24. The highest BCUT2D eigenvalue weighted by atomic mass is 14.9. The van der Waals surface area contributed by atoms with E-state index in [9.17, 15) is 0 Å². The lowest BCUT2D eigenvalue weighted by molar-refractivity contribution is 1.25. The first-order valence-electron chi connectivity index (χ1n) is 32.8. The third kappa shape index (κ3) is 10.1. The molecule has 12 aromatic carbocycles. The number of nitrogens with one attached hydrogen (secondary N) is 2. The van der Waals surface area contributed by atoms with Gasteiger partial charge < -0.3 is 9.97 Å². The third-order valence-corrected chi connectivity index (χ3v) is 18.6. The van der Waals surface area contributed by atoms with Crippen molar-refractivity contribution in [3.8, 4) is 44.5 Å². The molecule has 4 heteroatoms. The minimum atomic E-state index is 0.825. The predicted molar refractivity (Wildman–Crippen MR) is 400 cm³/mol. The van der Waals surface area contributed by atoms with Crippen LogP contribution in [0, 0.1) is 0 Å². The Bertz CT molecular complexity index is 5210. The van der Waals surface area contributed by atoms with E-state index in [0.717, 1.165) is 179 Å². The maximum absolute atomic E-state index is 6.48. The molecule has 8 bridgehead atoms. The Kier molecular flexibility index (Phi) is 14.9. The standard InChI is InChI=1S/C92H62N4/c1-13-37-61(38-14-1)73-74(62-39-15-2-16-40-62)86-82(70-55-31-10-32-56-70)88-77(65-45-21-5-22-46-65)78(66-47-23-6-24-48-66)90(95-88)84(72-59-35-12-36-60-72)92-80(68-51-27-8-28-52-68)79(67-49-25-7-26-50-67)91(96-92)83(71-57-33-11-34-58-71)89-76(64-43-19-4-20-44-64)75(63-41-17-3-18-42-63)87(94-89)81(85(73)93-86)69-53-29-9-30-54-69/h1-60,93,96H/b85-81-,86-82-,87-81?,88-82?,89-83-,90-84-,91-83?,92-84?. The Hall–Kier alpha value is -12.8. The summed E-state index contributed by atoms with van der Waals surface area (Å²) >= 11 is 0. The SMILES string of the molecule is c1ccc(C2=C(c3ccccc3)/C3=C(\c4ccccc4)c4[nH]c(c(-c5ccccc5)c4-c4ccccc4)/C(c4ccccc4)=C4N=C(C(c5ccccc5)=C\4c4ccccc4)/C(c4ccccc4)=c4\[nH]/c(c(-c5ccccc5)c4-c4ccccc4)=C(/c4ccccc4)C2=N3)cc1. The highest BCUT2D eigenvalue weighted by molar-refractivity contribution is 6.53. The molecule has 0 fully saturated rings. The van der Waals surface area contributed by atoms with Crippen LogP contribution in [0.25, 0.3) is 89.1 Å². The fourth-order valence-corrected chi connectivity index (χ4v) is 14.5. The molecule has 4 nitrogen and oxygen atoms in total. The van der Waals surface area contributed by atoms with E-state index in [0.29, 0.717) is 0 Å². The summed E-state index contributed by atoms with van der Waals surface area (Å²) in [5, 5.41) is 1.82. The number of fused-ring (bicyclic) bond motifs is 10.